The number of hydrogen-bond donors (Lipinski definition) is 2. The van der Waals surface area contributed by atoms with Crippen molar-refractivity contribution in [2.45, 2.75) is 63.8 Å². The fourth-order valence-electron chi connectivity index (χ4n) is 5.21. The van der Waals surface area contributed by atoms with Gasteiger partial charge in [0.25, 0.3) is 5.91 Å². The molecule has 37 heavy (non-hydrogen) atoms. The van der Waals surface area contributed by atoms with Gasteiger partial charge < -0.3 is 10.4 Å². The van der Waals surface area contributed by atoms with Crippen LogP contribution in [0.2, 0.25) is 5.02 Å². The van der Waals surface area contributed by atoms with Crippen molar-refractivity contribution in [3.63, 3.8) is 0 Å². The summed E-state index contributed by atoms with van der Waals surface area (Å²) < 4.78 is 0. The highest BCUT2D eigenvalue weighted by Crippen LogP contribution is 2.32. The lowest BCUT2D eigenvalue weighted by Crippen LogP contribution is -2.31. The SMILES string of the molecule is O=C(O)CCCCc1nc2cc(C(=O)N[C@@H]3CCCc4cc(Cl)ccc43)ccc2nc1C1=CC=CCC1. The summed E-state index contributed by atoms with van der Waals surface area (Å²) in [6.45, 7) is 0. The van der Waals surface area contributed by atoms with Gasteiger partial charge in [-0.2, -0.15) is 0 Å². The minimum atomic E-state index is -0.788. The van der Waals surface area contributed by atoms with Crippen molar-refractivity contribution in [2.24, 2.45) is 0 Å². The van der Waals surface area contributed by atoms with Gasteiger partial charge in [-0.15, -0.1) is 0 Å². The third-order valence-electron chi connectivity index (χ3n) is 7.10. The average molecular weight is 516 g/mol. The minimum absolute atomic E-state index is 0.0474. The van der Waals surface area contributed by atoms with Crippen LogP contribution in [0.1, 0.15) is 83.9 Å². The summed E-state index contributed by atoms with van der Waals surface area (Å²) in [5.74, 6) is -0.923. The molecule has 7 heteroatoms. The number of amides is 1. The van der Waals surface area contributed by atoms with Crippen LogP contribution in [0.25, 0.3) is 16.6 Å². The molecule has 1 atom stereocenters. The molecule has 2 aromatic carbocycles. The van der Waals surface area contributed by atoms with E-state index in [4.69, 9.17) is 26.7 Å². The molecule has 2 aliphatic carbocycles. The maximum atomic E-state index is 13.2. The van der Waals surface area contributed by atoms with Crippen molar-refractivity contribution >= 4 is 40.1 Å². The molecular formula is C30H30ClN3O3. The van der Waals surface area contributed by atoms with Crippen LogP contribution in [0.5, 0.6) is 0 Å². The molecule has 0 saturated carbocycles. The maximum absolute atomic E-state index is 13.2. The number of halogens is 1. The Morgan fingerprint density at radius 3 is 2.76 bits per heavy atom. The number of fused-ring (bicyclic) bond motifs is 2. The molecule has 6 nitrogen and oxygen atoms in total. The summed E-state index contributed by atoms with van der Waals surface area (Å²) >= 11 is 6.18. The second kappa shape index (κ2) is 11.3. The van der Waals surface area contributed by atoms with Gasteiger partial charge in [0.2, 0.25) is 0 Å². The second-order valence-corrected chi connectivity index (χ2v) is 10.2. The number of nitrogens with zero attached hydrogens (tertiary/aromatic N) is 2. The summed E-state index contributed by atoms with van der Waals surface area (Å²) in [4.78, 5) is 34.1. The molecular weight excluding hydrogens is 486 g/mol. The molecule has 190 valence electrons. The highest BCUT2D eigenvalue weighted by Gasteiger charge is 2.23. The third kappa shape index (κ3) is 5.91. The van der Waals surface area contributed by atoms with E-state index in [1.165, 1.54) is 5.56 Å². The molecule has 5 rings (SSSR count). The van der Waals surface area contributed by atoms with E-state index in [0.717, 1.165) is 65.2 Å². The lowest BCUT2D eigenvalue weighted by Gasteiger charge is -2.26. The number of carbonyl (C=O) groups is 2. The number of aliphatic carboxylic acids is 1. The zero-order valence-electron chi connectivity index (χ0n) is 20.7. The Hall–Kier alpha value is -3.51. The number of aromatic nitrogens is 2. The fraction of sp³-hybridized carbons (Fsp3) is 0.333. The van der Waals surface area contributed by atoms with Crippen LogP contribution in [0.15, 0.2) is 54.6 Å². The van der Waals surface area contributed by atoms with E-state index in [0.29, 0.717) is 30.3 Å². The van der Waals surface area contributed by atoms with Gasteiger partial charge in [-0.1, -0.05) is 35.9 Å². The molecule has 3 aromatic rings. The molecule has 0 bridgehead atoms. The van der Waals surface area contributed by atoms with Gasteiger partial charge in [0, 0.05) is 17.0 Å². The molecule has 0 radical (unpaired) electrons. The maximum Gasteiger partial charge on any atom is 0.303 e. The van der Waals surface area contributed by atoms with Crippen LogP contribution in [-0.2, 0) is 17.6 Å². The van der Waals surface area contributed by atoms with Gasteiger partial charge in [-0.25, -0.2) is 9.97 Å². The topological polar surface area (TPSA) is 92.2 Å². The number of hydrogen-bond acceptors (Lipinski definition) is 4. The zero-order chi connectivity index (χ0) is 25.8. The van der Waals surface area contributed by atoms with Gasteiger partial charge >= 0.3 is 5.97 Å². The number of allylic oxidation sites excluding steroid dienone is 4. The number of nitrogens with one attached hydrogen (secondary N) is 1. The van der Waals surface area contributed by atoms with Crippen molar-refractivity contribution in [1.82, 2.24) is 15.3 Å². The lowest BCUT2D eigenvalue weighted by molar-refractivity contribution is -0.137. The van der Waals surface area contributed by atoms with Crippen LogP contribution >= 0.6 is 11.6 Å². The minimum Gasteiger partial charge on any atom is -0.481 e. The van der Waals surface area contributed by atoms with E-state index < -0.39 is 5.97 Å². The summed E-state index contributed by atoms with van der Waals surface area (Å²) in [6, 6.07) is 11.3. The highest BCUT2D eigenvalue weighted by atomic mass is 35.5. The lowest BCUT2D eigenvalue weighted by atomic mass is 9.87. The first-order chi connectivity index (χ1) is 18.0. The van der Waals surface area contributed by atoms with Crippen molar-refractivity contribution in [3.8, 4) is 0 Å². The zero-order valence-corrected chi connectivity index (χ0v) is 21.4. The first kappa shape index (κ1) is 25.2. The van der Waals surface area contributed by atoms with E-state index in [1.807, 2.05) is 42.5 Å². The molecule has 2 aliphatic rings. The second-order valence-electron chi connectivity index (χ2n) is 9.74. The summed E-state index contributed by atoms with van der Waals surface area (Å²) in [5, 5.41) is 12.9. The van der Waals surface area contributed by atoms with E-state index in [1.54, 1.807) is 0 Å². The highest BCUT2D eigenvalue weighted by molar-refractivity contribution is 6.30. The first-order valence-corrected chi connectivity index (χ1v) is 13.3. The summed E-state index contributed by atoms with van der Waals surface area (Å²) in [7, 11) is 0. The molecule has 0 fully saturated rings. The van der Waals surface area contributed by atoms with Crippen LogP contribution in [0, 0.1) is 0 Å². The van der Waals surface area contributed by atoms with Gasteiger partial charge in [0.15, 0.2) is 0 Å². The Labute approximate surface area is 221 Å². The Kier molecular flexibility index (Phi) is 7.65. The Morgan fingerprint density at radius 2 is 1.95 bits per heavy atom. The molecule has 0 saturated heterocycles. The predicted molar refractivity (Wildman–Crippen MR) is 146 cm³/mol. The summed E-state index contributed by atoms with van der Waals surface area (Å²) in [6.07, 6.45) is 13.1. The van der Waals surface area contributed by atoms with Crippen LogP contribution in [-0.4, -0.2) is 27.0 Å². The van der Waals surface area contributed by atoms with Crippen LogP contribution in [0.3, 0.4) is 0 Å². The fourth-order valence-corrected chi connectivity index (χ4v) is 5.40. The van der Waals surface area contributed by atoms with Crippen molar-refractivity contribution in [3.05, 3.63) is 87.7 Å². The number of unbranched alkanes of at least 4 members (excludes halogenated alkanes) is 1. The van der Waals surface area contributed by atoms with E-state index in [-0.39, 0.29) is 18.4 Å². The molecule has 2 N–H and O–H groups in total. The van der Waals surface area contributed by atoms with E-state index in [2.05, 4.69) is 17.5 Å². The van der Waals surface area contributed by atoms with Gasteiger partial charge in [0.1, 0.15) is 0 Å². The number of aryl methyl sites for hydroxylation is 2. The number of rotatable bonds is 8. The average Bonchev–Trinajstić information content (AvgIpc) is 2.90. The van der Waals surface area contributed by atoms with Crippen molar-refractivity contribution in [2.75, 3.05) is 0 Å². The quantitative estimate of drug-likeness (QED) is 0.329. The first-order valence-electron chi connectivity index (χ1n) is 13.0. The van der Waals surface area contributed by atoms with E-state index >= 15 is 0 Å². The van der Waals surface area contributed by atoms with Crippen LogP contribution in [0.4, 0.5) is 0 Å². The standard InChI is InChI=1S/C30H30ClN3O3/c31-22-14-15-23-20(17-22)9-6-11-24(23)34-30(37)21-13-16-25-27(18-21)32-26(10-4-5-12-28(35)36)29(33-25)19-7-2-1-3-8-19/h1-2,7,13-18,24H,3-6,8-12H2,(H,34,37)(H,35,36)/t24-/m1/s1. The Balaban J connectivity index is 1.41. The molecule has 1 aromatic heterocycles. The monoisotopic (exact) mass is 515 g/mol. The van der Waals surface area contributed by atoms with Crippen molar-refractivity contribution in [1.29, 1.82) is 0 Å². The largest absolute Gasteiger partial charge is 0.481 e. The Bertz CT molecular complexity index is 1410. The smallest absolute Gasteiger partial charge is 0.303 e. The Morgan fingerprint density at radius 1 is 1.05 bits per heavy atom. The molecule has 1 heterocycles. The van der Waals surface area contributed by atoms with Gasteiger partial charge in [-0.05, 0) is 98.4 Å². The molecule has 0 aliphatic heterocycles. The van der Waals surface area contributed by atoms with Gasteiger partial charge in [0.05, 0.1) is 28.5 Å². The van der Waals surface area contributed by atoms with Gasteiger partial charge in [-0.3, -0.25) is 9.59 Å². The number of carboxylic acids is 1. The normalized spacial score (nSPS) is 16.8. The van der Waals surface area contributed by atoms with Crippen LogP contribution < -0.4 is 5.32 Å². The molecule has 0 spiro atoms. The van der Waals surface area contributed by atoms with E-state index in [9.17, 15) is 9.59 Å². The number of carboxylic acid groups (broad SMARTS) is 1. The number of benzene rings is 2. The number of carbonyl (C=O) groups excluding carboxylic acids is 1. The molecule has 0 unspecified atom stereocenters. The molecule has 1 amide bonds. The third-order valence-corrected chi connectivity index (χ3v) is 7.33. The summed E-state index contributed by atoms with van der Waals surface area (Å²) in [5.41, 5.74) is 7.17. The predicted octanol–water partition coefficient (Wildman–Crippen LogP) is 6.62. The van der Waals surface area contributed by atoms with Crippen molar-refractivity contribution < 1.29 is 14.7 Å².